The normalized spacial score (nSPS) is 17.8. The van der Waals surface area contributed by atoms with Gasteiger partial charge in [0.1, 0.15) is 11.8 Å². The van der Waals surface area contributed by atoms with Gasteiger partial charge in [0.25, 0.3) is 5.91 Å². The van der Waals surface area contributed by atoms with E-state index in [1.54, 1.807) is 30.4 Å². The van der Waals surface area contributed by atoms with Crippen LogP contribution in [0.4, 0.5) is 0 Å². The molecule has 1 fully saturated rings. The Hall–Kier alpha value is -2.26. The molecule has 0 spiro atoms. The zero-order valence-electron chi connectivity index (χ0n) is 13.2. The van der Waals surface area contributed by atoms with Gasteiger partial charge in [-0.25, -0.2) is 9.97 Å². The molecule has 5 nitrogen and oxygen atoms in total. The summed E-state index contributed by atoms with van der Waals surface area (Å²) in [6, 6.07) is 5.39. The summed E-state index contributed by atoms with van der Waals surface area (Å²) in [7, 11) is 0. The third kappa shape index (κ3) is 3.25. The van der Waals surface area contributed by atoms with Crippen molar-refractivity contribution in [3.05, 3.63) is 45.2 Å². The fraction of sp³-hybridized carbons (Fsp3) is 0.412. The number of aromatic nitrogens is 2. The van der Waals surface area contributed by atoms with E-state index < -0.39 is 0 Å². The topological polar surface area (TPSA) is 69.9 Å². The largest absolute Gasteiger partial charge is 0.337 e. The molecule has 23 heavy (non-hydrogen) atoms. The number of piperidine rings is 1. The van der Waals surface area contributed by atoms with Gasteiger partial charge in [0, 0.05) is 30.1 Å². The van der Waals surface area contributed by atoms with Gasteiger partial charge in [0.05, 0.1) is 16.3 Å². The Morgan fingerprint density at radius 1 is 1.39 bits per heavy atom. The molecule has 0 saturated carbocycles. The molecule has 118 valence electrons. The molecular weight excluding hydrogens is 308 g/mol. The number of likely N-dealkylation sites (tertiary alicyclic amines) is 1. The third-order valence-corrected chi connectivity index (χ3v) is 5.25. The summed E-state index contributed by atoms with van der Waals surface area (Å²) >= 11 is 1.67. The minimum absolute atomic E-state index is 0.0597. The van der Waals surface area contributed by atoms with Crippen LogP contribution in [0.15, 0.2) is 17.5 Å². The molecule has 0 radical (unpaired) electrons. The van der Waals surface area contributed by atoms with Gasteiger partial charge in [-0.05, 0) is 38.8 Å². The quantitative estimate of drug-likeness (QED) is 0.850. The highest BCUT2D eigenvalue weighted by Crippen LogP contribution is 2.29. The maximum absolute atomic E-state index is 12.7. The lowest BCUT2D eigenvalue weighted by Crippen LogP contribution is -2.39. The Kier molecular flexibility index (Phi) is 4.39. The Bertz CT molecular complexity index is 777. The van der Waals surface area contributed by atoms with E-state index in [1.165, 1.54) is 0 Å². The van der Waals surface area contributed by atoms with E-state index in [4.69, 9.17) is 5.26 Å². The summed E-state index contributed by atoms with van der Waals surface area (Å²) in [5.41, 5.74) is 2.56. The Morgan fingerprint density at radius 3 is 2.87 bits per heavy atom. The predicted octanol–water partition coefficient (Wildman–Crippen LogP) is 3.05. The van der Waals surface area contributed by atoms with Gasteiger partial charge in [-0.2, -0.15) is 5.26 Å². The number of hydrogen-bond donors (Lipinski definition) is 0. The van der Waals surface area contributed by atoms with Crippen LogP contribution < -0.4 is 0 Å². The van der Waals surface area contributed by atoms with Crippen LogP contribution >= 0.6 is 11.3 Å². The first-order chi connectivity index (χ1) is 11.1. The Balaban J connectivity index is 1.77. The molecule has 1 saturated heterocycles. The van der Waals surface area contributed by atoms with Gasteiger partial charge in [-0.1, -0.05) is 0 Å². The second kappa shape index (κ2) is 6.47. The fourth-order valence-electron chi connectivity index (χ4n) is 2.88. The Labute approximate surface area is 139 Å². The molecule has 0 aromatic carbocycles. The van der Waals surface area contributed by atoms with Crippen molar-refractivity contribution >= 4 is 17.2 Å². The van der Waals surface area contributed by atoms with Crippen molar-refractivity contribution in [3.8, 4) is 6.07 Å². The van der Waals surface area contributed by atoms with E-state index >= 15 is 0 Å². The average Bonchev–Trinajstić information content (AvgIpc) is 3.01. The second-order valence-corrected chi connectivity index (χ2v) is 6.75. The van der Waals surface area contributed by atoms with Crippen LogP contribution in [-0.4, -0.2) is 33.9 Å². The van der Waals surface area contributed by atoms with Crippen LogP contribution in [-0.2, 0) is 0 Å². The summed E-state index contributed by atoms with van der Waals surface area (Å²) in [5, 5.41) is 12.1. The molecule has 1 unspecified atom stereocenters. The summed E-state index contributed by atoms with van der Waals surface area (Å²) in [5.74, 6) is 0.251. The van der Waals surface area contributed by atoms with E-state index in [1.807, 2.05) is 11.8 Å². The molecule has 1 aliphatic rings. The zero-order chi connectivity index (χ0) is 16.4. The third-order valence-electron chi connectivity index (χ3n) is 4.12. The van der Waals surface area contributed by atoms with E-state index in [-0.39, 0.29) is 5.91 Å². The number of thiazole rings is 1. The lowest BCUT2D eigenvalue weighted by atomic mass is 9.98. The second-order valence-electron chi connectivity index (χ2n) is 5.86. The standard InChI is InChI=1S/C17H18N4OS/c1-11-10-23-16(19-11)14-4-3-7-21(9-14)17(22)15-6-5-13(8-18)12(2)20-15/h5-6,10,14H,3-4,7,9H2,1-2H3. The maximum atomic E-state index is 12.7. The van der Waals surface area contributed by atoms with Crippen molar-refractivity contribution in [2.75, 3.05) is 13.1 Å². The number of hydrogen-bond acceptors (Lipinski definition) is 5. The van der Waals surface area contributed by atoms with Crippen molar-refractivity contribution in [1.29, 1.82) is 5.26 Å². The molecule has 6 heteroatoms. The van der Waals surface area contributed by atoms with Gasteiger partial charge < -0.3 is 4.90 Å². The first-order valence-corrected chi connectivity index (χ1v) is 8.55. The van der Waals surface area contributed by atoms with Crippen molar-refractivity contribution in [3.63, 3.8) is 0 Å². The lowest BCUT2D eigenvalue weighted by Gasteiger charge is -2.31. The lowest BCUT2D eigenvalue weighted by molar-refractivity contribution is 0.0701. The van der Waals surface area contributed by atoms with Crippen molar-refractivity contribution in [2.45, 2.75) is 32.6 Å². The SMILES string of the molecule is Cc1csc(C2CCCN(C(=O)c3ccc(C#N)c(C)n3)C2)n1. The molecule has 2 aromatic heterocycles. The summed E-state index contributed by atoms with van der Waals surface area (Å²) in [4.78, 5) is 23.4. The fourth-order valence-corrected chi connectivity index (χ4v) is 3.81. The predicted molar refractivity (Wildman–Crippen MR) is 88.4 cm³/mol. The monoisotopic (exact) mass is 326 g/mol. The van der Waals surface area contributed by atoms with Gasteiger partial charge >= 0.3 is 0 Å². The summed E-state index contributed by atoms with van der Waals surface area (Å²) in [6.45, 7) is 5.19. The minimum atomic E-state index is -0.0597. The van der Waals surface area contributed by atoms with Crippen molar-refractivity contribution in [1.82, 2.24) is 14.9 Å². The molecule has 1 aliphatic heterocycles. The molecule has 0 N–H and O–H groups in total. The number of carbonyl (C=O) groups excluding carboxylic acids is 1. The molecule has 3 heterocycles. The number of pyridine rings is 1. The first kappa shape index (κ1) is 15.6. The number of amides is 1. The summed E-state index contributed by atoms with van der Waals surface area (Å²) < 4.78 is 0. The smallest absolute Gasteiger partial charge is 0.272 e. The molecule has 3 rings (SSSR count). The molecule has 1 amide bonds. The Morgan fingerprint density at radius 2 is 2.22 bits per heavy atom. The van der Waals surface area contributed by atoms with Crippen molar-refractivity contribution < 1.29 is 4.79 Å². The van der Waals surface area contributed by atoms with Crippen LogP contribution in [0, 0.1) is 25.2 Å². The van der Waals surface area contributed by atoms with Crippen LogP contribution in [0.3, 0.4) is 0 Å². The number of rotatable bonds is 2. The summed E-state index contributed by atoms with van der Waals surface area (Å²) in [6.07, 6.45) is 2.04. The average molecular weight is 326 g/mol. The highest BCUT2D eigenvalue weighted by Gasteiger charge is 2.27. The number of nitriles is 1. The van der Waals surface area contributed by atoms with Gasteiger partial charge in [-0.3, -0.25) is 4.79 Å². The van der Waals surface area contributed by atoms with Crippen LogP contribution in [0.5, 0.6) is 0 Å². The van der Waals surface area contributed by atoms with Gasteiger partial charge in [0.2, 0.25) is 0 Å². The van der Waals surface area contributed by atoms with Crippen LogP contribution in [0.2, 0.25) is 0 Å². The molecular formula is C17H18N4OS. The minimum Gasteiger partial charge on any atom is -0.337 e. The van der Waals surface area contributed by atoms with Crippen LogP contribution in [0.1, 0.15) is 51.2 Å². The van der Waals surface area contributed by atoms with E-state index in [0.717, 1.165) is 30.1 Å². The number of nitrogens with zero attached hydrogens (tertiary/aromatic N) is 4. The highest BCUT2D eigenvalue weighted by atomic mass is 32.1. The molecule has 1 atom stereocenters. The molecule has 2 aromatic rings. The molecule has 0 aliphatic carbocycles. The van der Waals surface area contributed by atoms with E-state index in [9.17, 15) is 4.79 Å². The van der Waals surface area contributed by atoms with Crippen molar-refractivity contribution in [2.24, 2.45) is 0 Å². The van der Waals surface area contributed by atoms with Crippen LogP contribution in [0.25, 0.3) is 0 Å². The zero-order valence-corrected chi connectivity index (χ0v) is 14.1. The highest BCUT2D eigenvalue weighted by molar-refractivity contribution is 7.09. The van der Waals surface area contributed by atoms with E-state index in [0.29, 0.717) is 29.4 Å². The molecule has 0 bridgehead atoms. The number of carbonyl (C=O) groups is 1. The van der Waals surface area contributed by atoms with E-state index in [2.05, 4.69) is 21.4 Å². The maximum Gasteiger partial charge on any atom is 0.272 e. The van der Waals surface area contributed by atoms with Gasteiger partial charge in [-0.15, -0.1) is 11.3 Å². The first-order valence-electron chi connectivity index (χ1n) is 7.67. The van der Waals surface area contributed by atoms with Gasteiger partial charge in [0.15, 0.2) is 0 Å². The number of aryl methyl sites for hydroxylation is 2.